The van der Waals surface area contributed by atoms with Crippen LogP contribution in [0.2, 0.25) is 0 Å². The second-order valence-electron chi connectivity index (χ2n) is 2.81. The van der Waals surface area contributed by atoms with E-state index >= 15 is 0 Å². The van der Waals surface area contributed by atoms with Crippen LogP contribution in [0.25, 0.3) is 0 Å². The van der Waals surface area contributed by atoms with Crippen molar-refractivity contribution in [3.63, 3.8) is 0 Å². The van der Waals surface area contributed by atoms with Gasteiger partial charge in [-0.3, -0.25) is 0 Å². The van der Waals surface area contributed by atoms with E-state index in [1.165, 1.54) is 0 Å². The van der Waals surface area contributed by atoms with Gasteiger partial charge >= 0.3 is 0 Å². The number of aliphatic hydroxyl groups excluding tert-OH is 1. The normalized spacial score (nSPS) is 26.2. The van der Waals surface area contributed by atoms with Gasteiger partial charge in [0.2, 0.25) is 0 Å². The van der Waals surface area contributed by atoms with Crippen LogP contribution in [-0.2, 0) is 9.47 Å². The van der Waals surface area contributed by atoms with E-state index < -0.39 is 6.10 Å². The lowest BCUT2D eigenvalue weighted by atomic mass is 10.2. The maximum atomic E-state index is 8.97. The highest BCUT2D eigenvalue weighted by Crippen LogP contribution is 2.13. The lowest BCUT2D eigenvalue weighted by Gasteiger charge is -2.22. The summed E-state index contributed by atoms with van der Waals surface area (Å²) in [5.41, 5.74) is 0. The smallest absolute Gasteiger partial charge is 0.157 e. The van der Waals surface area contributed by atoms with Crippen LogP contribution in [0.3, 0.4) is 0 Å². The Kier molecular flexibility index (Phi) is 4.09. The van der Waals surface area contributed by atoms with Crippen molar-refractivity contribution in [2.24, 2.45) is 0 Å². The first-order valence-electron chi connectivity index (χ1n) is 4.20. The van der Waals surface area contributed by atoms with Crippen LogP contribution >= 0.6 is 0 Å². The monoisotopic (exact) mass is 170 g/mol. The van der Waals surface area contributed by atoms with E-state index in [1.54, 1.807) is 0 Å². The summed E-state index contributed by atoms with van der Waals surface area (Å²) >= 11 is 0. The highest BCUT2D eigenvalue weighted by atomic mass is 16.7. The molecule has 0 aromatic carbocycles. The van der Waals surface area contributed by atoms with E-state index in [1.807, 2.05) is 0 Å². The van der Waals surface area contributed by atoms with Gasteiger partial charge in [0.25, 0.3) is 0 Å². The van der Waals surface area contributed by atoms with Crippen molar-refractivity contribution in [2.75, 3.05) is 13.2 Å². The van der Waals surface area contributed by atoms with Crippen LogP contribution < -0.4 is 0 Å². The summed E-state index contributed by atoms with van der Waals surface area (Å²) in [5, 5.41) is 8.97. The molecule has 2 atom stereocenters. The second kappa shape index (κ2) is 5.15. The van der Waals surface area contributed by atoms with E-state index in [9.17, 15) is 0 Å². The van der Waals surface area contributed by atoms with Gasteiger partial charge in [-0.25, -0.2) is 0 Å². The summed E-state index contributed by atoms with van der Waals surface area (Å²) in [6.07, 6.45) is 7.11. The molecule has 1 rings (SSSR count). The van der Waals surface area contributed by atoms with E-state index in [-0.39, 0.29) is 12.9 Å². The molecule has 0 saturated carbocycles. The molecule has 1 N–H and O–H groups in total. The Balaban J connectivity index is 2.10. The van der Waals surface area contributed by atoms with Gasteiger partial charge in [-0.05, 0) is 19.3 Å². The van der Waals surface area contributed by atoms with Crippen LogP contribution in [-0.4, -0.2) is 30.7 Å². The molecule has 3 nitrogen and oxygen atoms in total. The van der Waals surface area contributed by atoms with Crippen molar-refractivity contribution < 1.29 is 14.6 Å². The molecule has 1 aliphatic rings. The van der Waals surface area contributed by atoms with Gasteiger partial charge in [-0.1, -0.05) is 5.92 Å². The Morgan fingerprint density at radius 1 is 1.67 bits per heavy atom. The van der Waals surface area contributed by atoms with Crippen molar-refractivity contribution in [2.45, 2.75) is 31.7 Å². The average molecular weight is 170 g/mol. The Labute approximate surface area is 72.7 Å². The predicted molar refractivity (Wildman–Crippen MR) is 44.4 cm³/mol. The number of rotatable bonds is 3. The fourth-order valence-electron chi connectivity index (χ4n) is 1.09. The first kappa shape index (κ1) is 9.53. The number of hydrogen-bond acceptors (Lipinski definition) is 3. The molecule has 0 bridgehead atoms. The molecular formula is C9H14O3. The largest absolute Gasteiger partial charge is 0.378 e. The third kappa shape index (κ3) is 3.22. The molecule has 0 aliphatic carbocycles. The number of hydrogen-bond donors (Lipinski definition) is 1. The maximum Gasteiger partial charge on any atom is 0.157 e. The summed E-state index contributed by atoms with van der Waals surface area (Å²) in [6.45, 7) is 0.915. The summed E-state index contributed by atoms with van der Waals surface area (Å²) < 4.78 is 10.5. The summed E-state index contributed by atoms with van der Waals surface area (Å²) in [7, 11) is 0. The molecule has 2 unspecified atom stereocenters. The van der Waals surface area contributed by atoms with Crippen molar-refractivity contribution in [3.8, 4) is 12.3 Å². The molecule has 1 heterocycles. The minimum atomic E-state index is -0.810. The molecule has 68 valence electrons. The SMILES string of the molecule is C#CC(O)COC1CCCCO1. The molecular weight excluding hydrogens is 156 g/mol. The van der Waals surface area contributed by atoms with Crippen molar-refractivity contribution in [3.05, 3.63) is 0 Å². The van der Waals surface area contributed by atoms with Gasteiger partial charge in [-0.15, -0.1) is 6.42 Å². The Bertz CT molecular complexity index is 156. The molecule has 0 amide bonds. The van der Waals surface area contributed by atoms with E-state index in [0.29, 0.717) is 0 Å². The summed E-state index contributed by atoms with van der Waals surface area (Å²) in [5.74, 6) is 2.18. The molecule has 0 aromatic heterocycles. The highest BCUT2D eigenvalue weighted by molar-refractivity contribution is 4.92. The Morgan fingerprint density at radius 2 is 2.50 bits per heavy atom. The molecule has 1 aliphatic heterocycles. The Morgan fingerprint density at radius 3 is 3.08 bits per heavy atom. The molecule has 12 heavy (non-hydrogen) atoms. The maximum absolute atomic E-state index is 8.97. The number of aliphatic hydroxyl groups is 1. The fourth-order valence-corrected chi connectivity index (χ4v) is 1.09. The van der Waals surface area contributed by atoms with E-state index in [0.717, 1.165) is 25.9 Å². The van der Waals surface area contributed by atoms with Crippen LogP contribution in [0.15, 0.2) is 0 Å². The van der Waals surface area contributed by atoms with Crippen LogP contribution in [0.1, 0.15) is 19.3 Å². The minimum Gasteiger partial charge on any atom is -0.378 e. The van der Waals surface area contributed by atoms with E-state index in [2.05, 4.69) is 5.92 Å². The first-order chi connectivity index (χ1) is 5.83. The molecule has 0 spiro atoms. The van der Waals surface area contributed by atoms with Crippen molar-refractivity contribution >= 4 is 0 Å². The van der Waals surface area contributed by atoms with Gasteiger partial charge in [0.15, 0.2) is 6.29 Å². The molecule has 3 heteroatoms. The standard InChI is InChI=1S/C9H14O3/c1-2-8(10)7-12-9-5-3-4-6-11-9/h1,8-10H,3-7H2. The molecule has 0 radical (unpaired) electrons. The highest BCUT2D eigenvalue weighted by Gasteiger charge is 2.14. The first-order valence-corrected chi connectivity index (χ1v) is 4.20. The zero-order valence-corrected chi connectivity index (χ0v) is 7.03. The van der Waals surface area contributed by atoms with Gasteiger partial charge in [-0.2, -0.15) is 0 Å². The van der Waals surface area contributed by atoms with Crippen molar-refractivity contribution in [1.82, 2.24) is 0 Å². The quantitative estimate of drug-likeness (QED) is 0.628. The van der Waals surface area contributed by atoms with Crippen LogP contribution in [0.4, 0.5) is 0 Å². The van der Waals surface area contributed by atoms with Crippen LogP contribution in [0.5, 0.6) is 0 Å². The zero-order valence-electron chi connectivity index (χ0n) is 7.03. The predicted octanol–water partition coefficient (Wildman–Crippen LogP) is 0.524. The topological polar surface area (TPSA) is 38.7 Å². The molecule has 1 fully saturated rings. The van der Waals surface area contributed by atoms with Crippen molar-refractivity contribution in [1.29, 1.82) is 0 Å². The molecule has 1 saturated heterocycles. The lowest BCUT2D eigenvalue weighted by Crippen LogP contribution is -2.26. The molecule has 0 aromatic rings. The Hall–Kier alpha value is -0.560. The lowest BCUT2D eigenvalue weighted by molar-refractivity contribution is -0.171. The van der Waals surface area contributed by atoms with Gasteiger partial charge in [0.05, 0.1) is 6.61 Å². The van der Waals surface area contributed by atoms with Gasteiger partial charge < -0.3 is 14.6 Å². The average Bonchev–Trinajstić information content (AvgIpc) is 2.16. The second-order valence-corrected chi connectivity index (χ2v) is 2.81. The minimum absolute atomic E-state index is 0.165. The number of ether oxygens (including phenoxy) is 2. The summed E-state index contributed by atoms with van der Waals surface area (Å²) in [6, 6.07) is 0. The number of terminal acetylenes is 1. The van der Waals surface area contributed by atoms with Gasteiger partial charge in [0.1, 0.15) is 6.10 Å². The zero-order chi connectivity index (χ0) is 8.81. The van der Waals surface area contributed by atoms with E-state index in [4.69, 9.17) is 21.0 Å². The fraction of sp³-hybridized carbons (Fsp3) is 0.778. The third-order valence-corrected chi connectivity index (χ3v) is 1.77. The summed E-state index contributed by atoms with van der Waals surface area (Å²) in [4.78, 5) is 0. The van der Waals surface area contributed by atoms with Crippen LogP contribution in [0, 0.1) is 12.3 Å². The van der Waals surface area contributed by atoms with Gasteiger partial charge in [0, 0.05) is 6.61 Å². The third-order valence-electron chi connectivity index (χ3n) is 1.77.